The van der Waals surface area contributed by atoms with Crippen LogP contribution in [0.1, 0.15) is 55.7 Å². The number of aromatic nitrogens is 3. The molecule has 1 aliphatic rings. The SMILES string of the molecule is CC(CCNC(=O)NCCc1nnc2n1CCCCC2)c1ccccc1. The Morgan fingerprint density at radius 1 is 1.12 bits per heavy atom. The summed E-state index contributed by atoms with van der Waals surface area (Å²) in [5.41, 5.74) is 1.31. The minimum absolute atomic E-state index is 0.110. The topological polar surface area (TPSA) is 71.8 Å². The molecule has 0 radical (unpaired) electrons. The van der Waals surface area contributed by atoms with E-state index >= 15 is 0 Å². The maximum absolute atomic E-state index is 12.0. The van der Waals surface area contributed by atoms with Crippen molar-refractivity contribution in [1.82, 2.24) is 25.4 Å². The predicted octanol–water partition coefficient (Wildman–Crippen LogP) is 3.04. The molecule has 2 N–H and O–H groups in total. The quantitative estimate of drug-likeness (QED) is 0.802. The van der Waals surface area contributed by atoms with Crippen LogP contribution in [-0.4, -0.2) is 33.9 Å². The number of benzene rings is 1. The Kier molecular flexibility index (Phi) is 6.63. The molecule has 26 heavy (non-hydrogen) atoms. The molecule has 1 aliphatic heterocycles. The van der Waals surface area contributed by atoms with Crippen LogP contribution in [0, 0.1) is 0 Å². The summed E-state index contributed by atoms with van der Waals surface area (Å²) >= 11 is 0. The van der Waals surface area contributed by atoms with Crippen molar-refractivity contribution >= 4 is 6.03 Å². The Balaban J connectivity index is 1.35. The van der Waals surface area contributed by atoms with Gasteiger partial charge >= 0.3 is 6.03 Å². The van der Waals surface area contributed by atoms with E-state index in [9.17, 15) is 4.79 Å². The van der Waals surface area contributed by atoms with Crippen LogP contribution in [0.3, 0.4) is 0 Å². The van der Waals surface area contributed by atoms with Gasteiger partial charge in [0.2, 0.25) is 0 Å². The maximum atomic E-state index is 12.0. The fourth-order valence-corrected chi connectivity index (χ4v) is 3.43. The second-order valence-corrected chi connectivity index (χ2v) is 7.03. The first kappa shape index (κ1) is 18.4. The lowest BCUT2D eigenvalue weighted by atomic mass is 9.98. The van der Waals surface area contributed by atoms with Gasteiger partial charge in [-0.1, -0.05) is 43.7 Å². The number of carbonyl (C=O) groups is 1. The molecule has 0 bridgehead atoms. The average molecular weight is 355 g/mol. The lowest BCUT2D eigenvalue weighted by Crippen LogP contribution is -2.37. The smallest absolute Gasteiger partial charge is 0.314 e. The summed E-state index contributed by atoms with van der Waals surface area (Å²) in [7, 11) is 0. The molecule has 1 unspecified atom stereocenters. The second kappa shape index (κ2) is 9.36. The van der Waals surface area contributed by atoms with E-state index in [1.165, 1.54) is 24.8 Å². The summed E-state index contributed by atoms with van der Waals surface area (Å²) in [6, 6.07) is 10.3. The van der Waals surface area contributed by atoms with Crippen molar-refractivity contribution in [3.63, 3.8) is 0 Å². The Hall–Kier alpha value is -2.37. The number of fused-ring (bicyclic) bond motifs is 1. The van der Waals surface area contributed by atoms with Gasteiger partial charge in [-0.15, -0.1) is 10.2 Å². The zero-order chi connectivity index (χ0) is 18.2. The molecule has 1 aromatic carbocycles. The van der Waals surface area contributed by atoms with Crippen LogP contribution in [0.5, 0.6) is 0 Å². The van der Waals surface area contributed by atoms with Gasteiger partial charge in [-0.05, 0) is 30.7 Å². The first-order valence-corrected chi connectivity index (χ1v) is 9.71. The van der Waals surface area contributed by atoms with Crippen LogP contribution in [-0.2, 0) is 19.4 Å². The summed E-state index contributed by atoms with van der Waals surface area (Å²) in [6.45, 7) is 4.44. The van der Waals surface area contributed by atoms with E-state index in [0.29, 0.717) is 19.0 Å². The molecule has 0 spiro atoms. The molecule has 0 aliphatic carbocycles. The number of hydrogen-bond donors (Lipinski definition) is 2. The van der Waals surface area contributed by atoms with Crippen LogP contribution in [0.15, 0.2) is 30.3 Å². The first-order chi connectivity index (χ1) is 12.7. The molecular weight excluding hydrogens is 326 g/mol. The van der Waals surface area contributed by atoms with E-state index in [1.807, 2.05) is 6.07 Å². The molecule has 1 aromatic heterocycles. The molecular formula is C20H29N5O. The highest BCUT2D eigenvalue weighted by Gasteiger charge is 2.14. The summed E-state index contributed by atoms with van der Waals surface area (Å²) in [5.74, 6) is 2.51. The minimum Gasteiger partial charge on any atom is -0.338 e. The van der Waals surface area contributed by atoms with Crippen molar-refractivity contribution < 1.29 is 4.79 Å². The van der Waals surface area contributed by atoms with E-state index in [1.54, 1.807) is 0 Å². The number of carbonyl (C=O) groups excluding carboxylic acids is 1. The number of aryl methyl sites for hydroxylation is 1. The molecule has 6 heteroatoms. The van der Waals surface area contributed by atoms with Gasteiger partial charge in [-0.25, -0.2) is 4.79 Å². The third-order valence-corrected chi connectivity index (χ3v) is 5.05. The maximum Gasteiger partial charge on any atom is 0.314 e. The number of rotatable bonds is 7. The zero-order valence-corrected chi connectivity index (χ0v) is 15.6. The Labute approximate surface area is 155 Å². The number of nitrogens with zero attached hydrogens (tertiary/aromatic N) is 3. The van der Waals surface area contributed by atoms with Crippen LogP contribution in [0.4, 0.5) is 4.79 Å². The summed E-state index contributed by atoms with van der Waals surface area (Å²) in [6.07, 6.45) is 6.30. The van der Waals surface area contributed by atoms with Crippen molar-refractivity contribution in [2.75, 3.05) is 13.1 Å². The predicted molar refractivity (Wildman–Crippen MR) is 102 cm³/mol. The number of nitrogens with one attached hydrogen (secondary N) is 2. The van der Waals surface area contributed by atoms with Crippen molar-refractivity contribution in [2.45, 2.75) is 57.9 Å². The number of amides is 2. The van der Waals surface area contributed by atoms with Crippen molar-refractivity contribution in [1.29, 1.82) is 0 Å². The summed E-state index contributed by atoms with van der Waals surface area (Å²) in [4.78, 5) is 12.0. The van der Waals surface area contributed by atoms with Gasteiger partial charge in [0, 0.05) is 32.5 Å². The fraction of sp³-hybridized carbons (Fsp3) is 0.550. The molecule has 140 valence electrons. The minimum atomic E-state index is -0.110. The van der Waals surface area contributed by atoms with E-state index in [0.717, 1.165) is 37.5 Å². The van der Waals surface area contributed by atoms with E-state index in [4.69, 9.17) is 0 Å². The van der Waals surface area contributed by atoms with Crippen LogP contribution >= 0.6 is 0 Å². The van der Waals surface area contributed by atoms with E-state index in [2.05, 4.69) is 56.6 Å². The Morgan fingerprint density at radius 3 is 2.77 bits per heavy atom. The molecule has 6 nitrogen and oxygen atoms in total. The Bertz CT molecular complexity index is 697. The highest BCUT2D eigenvalue weighted by Crippen LogP contribution is 2.17. The lowest BCUT2D eigenvalue weighted by molar-refractivity contribution is 0.240. The largest absolute Gasteiger partial charge is 0.338 e. The fourth-order valence-electron chi connectivity index (χ4n) is 3.43. The number of urea groups is 1. The van der Waals surface area contributed by atoms with Gasteiger partial charge in [0.05, 0.1) is 0 Å². The number of hydrogen-bond acceptors (Lipinski definition) is 3. The third kappa shape index (κ3) is 5.07. The molecule has 2 heterocycles. The van der Waals surface area contributed by atoms with E-state index in [-0.39, 0.29) is 6.03 Å². The van der Waals surface area contributed by atoms with Crippen LogP contribution in [0.2, 0.25) is 0 Å². The second-order valence-electron chi connectivity index (χ2n) is 7.03. The molecule has 2 aromatic rings. The Morgan fingerprint density at radius 2 is 1.92 bits per heavy atom. The molecule has 0 saturated carbocycles. The van der Waals surface area contributed by atoms with Crippen LogP contribution in [0.25, 0.3) is 0 Å². The van der Waals surface area contributed by atoms with Gasteiger partial charge in [0.25, 0.3) is 0 Å². The highest BCUT2D eigenvalue weighted by atomic mass is 16.2. The third-order valence-electron chi connectivity index (χ3n) is 5.05. The monoisotopic (exact) mass is 355 g/mol. The van der Waals surface area contributed by atoms with Gasteiger partial charge < -0.3 is 15.2 Å². The molecule has 1 atom stereocenters. The standard InChI is InChI=1S/C20H29N5O/c1-16(17-8-4-2-5-9-17)11-13-21-20(26)22-14-12-19-24-23-18-10-6-3-7-15-25(18)19/h2,4-5,8-9,16H,3,6-7,10-15H2,1H3,(H2,21,22,26). The summed E-state index contributed by atoms with van der Waals surface area (Å²) in [5, 5.41) is 14.5. The lowest BCUT2D eigenvalue weighted by Gasteiger charge is -2.13. The average Bonchev–Trinajstić information content (AvgIpc) is 2.89. The normalized spacial score (nSPS) is 15.0. The zero-order valence-electron chi connectivity index (χ0n) is 15.6. The van der Waals surface area contributed by atoms with Crippen LogP contribution < -0.4 is 10.6 Å². The molecule has 2 amide bonds. The van der Waals surface area contributed by atoms with Crippen molar-refractivity contribution in [2.24, 2.45) is 0 Å². The first-order valence-electron chi connectivity index (χ1n) is 9.71. The van der Waals surface area contributed by atoms with Gasteiger partial charge in [-0.3, -0.25) is 0 Å². The van der Waals surface area contributed by atoms with Gasteiger partial charge in [0.15, 0.2) is 0 Å². The van der Waals surface area contributed by atoms with Crippen molar-refractivity contribution in [3.05, 3.63) is 47.5 Å². The van der Waals surface area contributed by atoms with E-state index < -0.39 is 0 Å². The molecule has 0 saturated heterocycles. The molecule has 0 fully saturated rings. The molecule has 3 rings (SSSR count). The summed E-state index contributed by atoms with van der Waals surface area (Å²) < 4.78 is 2.23. The van der Waals surface area contributed by atoms with Crippen molar-refractivity contribution in [3.8, 4) is 0 Å². The van der Waals surface area contributed by atoms with Gasteiger partial charge in [-0.2, -0.15) is 0 Å². The van der Waals surface area contributed by atoms with Gasteiger partial charge in [0.1, 0.15) is 11.6 Å². The highest BCUT2D eigenvalue weighted by molar-refractivity contribution is 5.73.